The minimum absolute atomic E-state index is 0.0851. The van der Waals surface area contributed by atoms with Gasteiger partial charge in [-0.3, -0.25) is 4.79 Å². The number of carbonyl (C=O) groups excluding carboxylic acids is 1. The Labute approximate surface area is 133 Å². The summed E-state index contributed by atoms with van der Waals surface area (Å²) in [5.74, 6) is 0.489. The van der Waals surface area contributed by atoms with Crippen molar-refractivity contribution in [3.8, 4) is 5.75 Å². The number of rotatable bonds is 6. The van der Waals surface area contributed by atoms with E-state index in [2.05, 4.69) is 21.2 Å². The van der Waals surface area contributed by atoms with E-state index >= 15 is 0 Å². The first kappa shape index (κ1) is 15.6. The van der Waals surface area contributed by atoms with Gasteiger partial charge in [0.25, 0.3) is 5.91 Å². The zero-order chi connectivity index (χ0) is 15.1. The summed E-state index contributed by atoms with van der Waals surface area (Å²) in [6.45, 7) is 2.96. The number of para-hydroxylation sites is 1. The average Bonchev–Trinajstić information content (AvgIpc) is 2.54. The minimum atomic E-state index is -0.126. The molecule has 1 amide bonds. The largest absolute Gasteiger partial charge is 0.493 e. The Morgan fingerprint density at radius 3 is 2.52 bits per heavy atom. The quantitative estimate of drug-likeness (QED) is 0.803. The monoisotopic (exact) mass is 347 g/mol. The number of carbonyl (C=O) groups is 1. The summed E-state index contributed by atoms with van der Waals surface area (Å²) in [7, 11) is 0. The first-order valence-electron chi connectivity index (χ1n) is 6.91. The van der Waals surface area contributed by atoms with Gasteiger partial charge in [-0.25, -0.2) is 0 Å². The van der Waals surface area contributed by atoms with Gasteiger partial charge in [-0.2, -0.15) is 0 Å². The second-order valence-corrected chi connectivity index (χ2v) is 5.62. The minimum Gasteiger partial charge on any atom is -0.493 e. The molecule has 0 aliphatic carbocycles. The van der Waals surface area contributed by atoms with Gasteiger partial charge in [-0.15, -0.1) is 0 Å². The molecular weight excluding hydrogens is 330 g/mol. The van der Waals surface area contributed by atoms with Crippen molar-refractivity contribution in [3.63, 3.8) is 0 Å². The lowest BCUT2D eigenvalue weighted by atomic mass is 10.1. The maximum absolute atomic E-state index is 12.3. The zero-order valence-electron chi connectivity index (χ0n) is 11.9. The normalized spacial score (nSPS) is 11.7. The molecule has 1 N–H and O–H groups in total. The van der Waals surface area contributed by atoms with Gasteiger partial charge in [0, 0.05) is 6.54 Å². The molecule has 21 heavy (non-hydrogen) atoms. The first-order chi connectivity index (χ1) is 10.2. The smallest absolute Gasteiger partial charge is 0.255 e. The fourth-order valence-electron chi connectivity index (χ4n) is 1.99. The highest BCUT2D eigenvalue weighted by Crippen LogP contribution is 2.22. The molecule has 4 heteroatoms. The van der Waals surface area contributed by atoms with Crippen LogP contribution in [-0.4, -0.2) is 19.1 Å². The number of nitrogens with one attached hydrogen (secondary N) is 1. The predicted molar refractivity (Wildman–Crippen MR) is 88.1 cm³/mol. The Hall–Kier alpha value is -1.81. The molecule has 1 unspecified atom stereocenters. The molecule has 110 valence electrons. The topological polar surface area (TPSA) is 38.3 Å². The summed E-state index contributed by atoms with van der Waals surface area (Å²) in [6.07, 6.45) is 0. The third-order valence-corrected chi connectivity index (χ3v) is 3.89. The Bertz CT molecular complexity index is 586. The van der Waals surface area contributed by atoms with E-state index in [1.165, 1.54) is 0 Å². The van der Waals surface area contributed by atoms with Crippen molar-refractivity contribution in [2.75, 3.05) is 13.2 Å². The number of hydrogen-bond acceptors (Lipinski definition) is 2. The maximum Gasteiger partial charge on any atom is 0.255 e. The third-order valence-electron chi connectivity index (χ3n) is 3.03. The van der Waals surface area contributed by atoms with Crippen LogP contribution in [0.15, 0.2) is 54.6 Å². The second kappa shape index (κ2) is 7.84. The summed E-state index contributed by atoms with van der Waals surface area (Å²) < 4.78 is 5.48. The molecule has 0 bridgehead atoms. The van der Waals surface area contributed by atoms with Crippen molar-refractivity contribution >= 4 is 21.8 Å². The van der Waals surface area contributed by atoms with Crippen LogP contribution in [0.5, 0.6) is 5.75 Å². The van der Waals surface area contributed by atoms with Crippen LogP contribution in [0.3, 0.4) is 0 Å². The molecule has 3 nitrogen and oxygen atoms in total. The molecule has 2 aromatic rings. The Morgan fingerprint density at radius 1 is 1.14 bits per heavy atom. The second-order valence-electron chi connectivity index (χ2n) is 4.52. The van der Waals surface area contributed by atoms with Gasteiger partial charge in [-0.05, 0) is 24.6 Å². The molecule has 0 saturated carbocycles. The summed E-state index contributed by atoms with van der Waals surface area (Å²) in [6, 6.07) is 17.3. The molecule has 0 aliphatic rings. The lowest BCUT2D eigenvalue weighted by molar-refractivity contribution is 0.0950. The van der Waals surface area contributed by atoms with Crippen LogP contribution >= 0.6 is 15.9 Å². The molecule has 0 saturated heterocycles. The number of hydrogen-bond donors (Lipinski definition) is 1. The molecule has 0 radical (unpaired) electrons. The standard InChI is InChI=1S/C17H18BrNO2/c1-2-21-16-11-7-6-10-14(16)17(20)19-12-15(18)13-8-4-3-5-9-13/h3-11,15H,2,12H2,1H3,(H,19,20). The molecule has 2 aromatic carbocycles. The summed E-state index contributed by atoms with van der Waals surface area (Å²) >= 11 is 3.59. The molecular formula is C17H18BrNO2. The van der Waals surface area contributed by atoms with Gasteiger partial charge >= 0.3 is 0 Å². The molecule has 0 aromatic heterocycles. The van der Waals surface area contributed by atoms with E-state index in [0.717, 1.165) is 5.56 Å². The van der Waals surface area contributed by atoms with Crippen molar-refractivity contribution < 1.29 is 9.53 Å². The fourth-order valence-corrected chi connectivity index (χ4v) is 2.46. The maximum atomic E-state index is 12.3. The van der Waals surface area contributed by atoms with Gasteiger partial charge in [0.05, 0.1) is 17.0 Å². The van der Waals surface area contributed by atoms with E-state index in [0.29, 0.717) is 24.5 Å². The van der Waals surface area contributed by atoms with E-state index in [9.17, 15) is 4.79 Å². The third kappa shape index (κ3) is 4.33. The first-order valence-corrected chi connectivity index (χ1v) is 7.83. The summed E-state index contributed by atoms with van der Waals surface area (Å²) in [5, 5.41) is 2.93. The highest BCUT2D eigenvalue weighted by Gasteiger charge is 2.14. The van der Waals surface area contributed by atoms with Crippen LogP contribution in [0.4, 0.5) is 0 Å². The summed E-state index contributed by atoms with van der Waals surface area (Å²) in [5.41, 5.74) is 1.70. The zero-order valence-corrected chi connectivity index (χ0v) is 13.5. The average molecular weight is 348 g/mol. The number of amides is 1. The van der Waals surface area contributed by atoms with Gasteiger partial charge in [-0.1, -0.05) is 58.4 Å². The van der Waals surface area contributed by atoms with Crippen LogP contribution in [0, 0.1) is 0 Å². The van der Waals surface area contributed by atoms with Gasteiger partial charge in [0.1, 0.15) is 5.75 Å². The van der Waals surface area contributed by atoms with Crippen molar-refractivity contribution in [2.45, 2.75) is 11.8 Å². The molecule has 0 fully saturated rings. The van der Waals surface area contributed by atoms with Crippen LogP contribution in [0.2, 0.25) is 0 Å². The molecule has 0 heterocycles. The Balaban J connectivity index is 1.99. The van der Waals surface area contributed by atoms with Crippen molar-refractivity contribution in [3.05, 3.63) is 65.7 Å². The molecule has 2 rings (SSSR count). The molecule has 1 atom stereocenters. The lowest BCUT2D eigenvalue weighted by Gasteiger charge is -2.13. The number of halogens is 1. The van der Waals surface area contributed by atoms with Gasteiger partial charge in [0.15, 0.2) is 0 Å². The number of ether oxygens (including phenoxy) is 1. The number of benzene rings is 2. The highest BCUT2D eigenvalue weighted by molar-refractivity contribution is 9.09. The Kier molecular flexibility index (Phi) is 5.81. The van der Waals surface area contributed by atoms with Crippen LogP contribution in [-0.2, 0) is 0 Å². The van der Waals surface area contributed by atoms with Crippen molar-refractivity contribution in [1.29, 1.82) is 0 Å². The Morgan fingerprint density at radius 2 is 1.81 bits per heavy atom. The van der Waals surface area contributed by atoms with Crippen molar-refractivity contribution in [1.82, 2.24) is 5.32 Å². The van der Waals surface area contributed by atoms with E-state index in [-0.39, 0.29) is 10.7 Å². The van der Waals surface area contributed by atoms with E-state index in [1.54, 1.807) is 12.1 Å². The van der Waals surface area contributed by atoms with Crippen LogP contribution in [0.1, 0.15) is 27.7 Å². The fraction of sp³-hybridized carbons (Fsp3) is 0.235. The predicted octanol–water partition coefficient (Wildman–Crippen LogP) is 3.95. The molecule has 0 spiro atoms. The molecule has 0 aliphatic heterocycles. The number of alkyl halides is 1. The van der Waals surface area contributed by atoms with E-state index < -0.39 is 0 Å². The SMILES string of the molecule is CCOc1ccccc1C(=O)NCC(Br)c1ccccc1. The van der Waals surface area contributed by atoms with Gasteiger partial charge < -0.3 is 10.1 Å². The van der Waals surface area contributed by atoms with Crippen molar-refractivity contribution in [2.24, 2.45) is 0 Å². The lowest BCUT2D eigenvalue weighted by Crippen LogP contribution is -2.27. The highest BCUT2D eigenvalue weighted by atomic mass is 79.9. The van der Waals surface area contributed by atoms with Crippen LogP contribution < -0.4 is 10.1 Å². The summed E-state index contributed by atoms with van der Waals surface area (Å²) in [4.78, 5) is 12.3. The van der Waals surface area contributed by atoms with Gasteiger partial charge in [0.2, 0.25) is 0 Å². The van der Waals surface area contributed by atoms with Crippen LogP contribution in [0.25, 0.3) is 0 Å². The van der Waals surface area contributed by atoms with E-state index in [1.807, 2.05) is 49.4 Å². The van der Waals surface area contributed by atoms with E-state index in [4.69, 9.17) is 4.74 Å².